The Morgan fingerprint density at radius 3 is 2.43 bits per heavy atom. The zero-order valence-corrected chi connectivity index (χ0v) is 17.1. The van der Waals surface area contributed by atoms with E-state index in [0.29, 0.717) is 20.6 Å². The predicted octanol–water partition coefficient (Wildman–Crippen LogP) is 4.98. The molecular formula is C22H14ClN5OS. The summed E-state index contributed by atoms with van der Waals surface area (Å²) in [6.07, 6.45) is 0. The van der Waals surface area contributed by atoms with E-state index in [0.717, 1.165) is 22.2 Å². The fourth-order valence-electron chi connectivity index (χ4n) is 3.31. The average molecular weight is 432 g/mol. The molecule has 0 unspecified atom stereocenters. The van der Waals surface area contributed by atoms with Crippen molar-refractivity contribution in [1.29, 1.82) is 0 Å². The van der Waals surface area contributed by atoms with Gasteiger partial charge in [-0.2, -0.15) is 4.68 Å². The van der Waals surface area contributed by atoms with E-state index in [2.05, 4.69) is 20.5 Å². The van der Waals surface area contributed by atoms with Gasteiger partial charge in [0.25, 0.3) is 5.56 Å². The van der Waals surface area contributed by atoms with Crippen molar-refractivity contribution >= 4 is 34.3 Å². The Morgan fingerprint density at radius 1 is 0.933 bits per heavy atom. The van der Waals surface area contributed by atoms with Crippen LogP contribution < -0.4 is 5.56 Å². The van der Waals surface area contributed by atoms with Gasteiger partial charge in [0.15, 0.2) is 0 Å². The van der Waals surface area contributed by atoms with Crippen molar-refractivity contribution in [3.63, 3.8) is 0 Å². The Hall–Kier alpha value is -3.42. The molecule has 2 heterocycles. The van der Waals surface area contributed by atoms with Crippen LogP contribution in [0.2, 0.25) is 5.02 Å². The molecule has 146 valence electrons. The molecule has 8 heteroatoms. The zero-order valence-electron chi connectivity index (χ0n) is 15.5. The molecule has 0 fully saturated rings. The molecule has 5 rings (SSSR count). The number of hydrogen-bond acceptors (Lipinski definition) is 5. The van der Waals surface area contributed by atoms with Crippen LogP contribution in [0.4, 0.5) is 0 Å². The zero-order chi connectivity index (χ0) is 20.5. The number of hydrogen-bond donors (Lipinski definition) is 1. The summed E-state index contributed by atoms with van der Waals surface area (Å²) in [5, 5.41) is 14.0. The minimum absolute atomic E-state index is 0.226. The van der Waals surface area contributed by atoms with E-state index in [1.165, 1.54) is 11.8 Å². The molecule has 2 aromatic heterocycles. The maximum Gasteiger partial charge on any atom is 0.263 e. The van der Waals surface area contributed by atoms with Crippen LogP contribution in [-0.4, -0.2) is 25.2 Å². The largest absolute Gasteiger partial charge is 0.321 e. The number of aromatic nitrogens is 5. The van der Waals surface area contributed by atoms with Crippen molar-refractivity contribution in [2.75, 3.05) is 0 Å². The molecule has 0 atom stereocenters. The first-order chi connectivity index (χ1) is 14.7. The third-order valence-electron chi connectivity index (χ3n) is 4.63. The SMILES string of the molecule is O=c1[nH]c2cc(Cl)ccc2c(-c2ccccc2)c1Sc1nnnn1-c1ccccc1. The topological polar surface area (TPSA) is 76.5 Å². The first-order valence-corrected chi connectivity index (χ1v) is 10.3. The molecule has 1 N–H and O–H groups in total. The lowest BCUT2D eigenvalue weighted by molar-refractivity contribution is 0.756. The van der Waals surface area contributed by atoms with Crippen LogP contribution in [0.15, 0.2) is 93.7 Å². The Morgan fingerprint density at radius 2 is 1.67 bits per heavy atom. The molecule has 0 saturated heterocycles. The van der Waals surface area contributed by atoms with Crippen molar-refractivity contribution in [2.45, 2.75) is 10.1 Å². The molecule has 0 saturated carbocycles. The molecule has 0 amide bonds. The quantitative estimate of drug-likeness (QED) is 0.434. The summed E-state index contributed by atoms with van der Waals surface area (Å²) in [6.45, 7) is 0. The van der Waals surface area contributed by atoms with Crippen LogP contribution >= 0.6 is 23.4 Å². The Balaban J connectivity index is 1.73. The van der Waals surface area contributed by atoms with Gasteiger partial charge in [0.05, 0.1) is 16.1 Å². The van der Waals surface area contributed by atoms with Crippen LogP contribution in [0.3, 0.4) is 0 Å². The second-order valence-corrected chi connectivity index (χ2v) is 7.94. The van der Waals surface area contributed by atoms with Gasteiger partial charge in [0, 0.05) is 16.0 Å². The molecule has 0 aliphatic carbocycles. The number of halogens is 1. The molecular weight excluding hydrogens is 418 g/mol. The molecule has 0 aliphatic heterocycles. The minimum Gasteiger partial charge on any atom is -0.321 e. The van der Waals surface area contributed by atoms with Crippen molar-refractivity contribution in [2.24, 2.45) is 0 Å². The molecule has 0 spiro atoms. The second-order valence-electron chi connectivity index (χ2n) is 6.53. The van der Waals surface area contributed by atoms with Gasteiger partial charge in [-0.15, -0.1) is 5.10 Å². The van der Waals surface area contributed by atoms with Crippen LogP contribution in [-0.2, 0) is 0 Å². The summed E-state index contributed by atoms with van der Waals surface area (Å²) >= 11 is 7.39. The second kappa shape index (κ2) is 7.78. The van der Waals surface area contributed by atoms with Crippen LogP contribution in [0.1, 0.15) is 0 Å². The van der Waals surface area contributed by atoms with E-state index < -0.39 is 0 Å². The summed E-state index contributed by atoms with van der Waals surface area (Å²) in [5.74, 6) is 0. The monoisotopic (exact) mass is 431 g/mol. The lowest BCUT2D eigenvalue weighted by Gasteiger charge is -2.12. The lowest BCUT2D eigenvalue weighted by atomic mass is 10.0. The summed E-state index contributed by atoms with van der Waals surface area (Å²) in [6, 6.07) is 24.8. The highest BCUT2D eigenvalue weighted by atomic mass is 35.5. The number of pyridine rings is 1. The van der Waals surface area contributed by atoms with Gasteiger partial charge in [-0.25, -0.2) is 0 Å². The van der Waals surface area contributed by atoms with Crippen molar-refractivity contribution < 1.29 is 0 Å². The van der Waals surface area contributed by atoms with Crippen molar-refractivity contribution in [3.05, 3.63) is 94.2 Å². The van der Waals surface area contributed by atoms with E-state index in [9.17, 15) is 4.79 Å². The van der Waals surface area contributed by atoms with Gasteiger partial charge in [0.1, 0.15) is 0 Å². The smallest absolute Gasteiger partial charge is 0.263 e. The van der Waals surface area contributed by atoms with Gasteiger partial charge >= 0.3 is 0 Å². The number of H-pyrrole nitrogens is 1. The number of para-hydroxylation sites is 1. The van der Waals surface area contributed by atoms with Crippen LogP contribution in [0, 0.1) is 0 Å². The predicted molar refractivity (Wildman–Crippen MR) is 118 cm³/mol. The first kappa shape index (κ1) is 18.6. The van der Waals surface area contributed by atoms with Crippen LogP contribution in [0.5, 0.6) is 0 Å². The fourth-order valence-corrected chi connectivity index (χ4v) is 4.44. The van der Waals surface area contributed by atoms with Gasteiger partial charge in [-0.3, -0.25) is 4.79 Å². The normalized spacial score (nSPS) is 11.1. The summed E-state index contributed by atoms with van der Waals surface area (Å²) in [4.78, 5) is 16.6. The highest BCUT2D eigenvalue weighted by molar-refractivity contribution is 7.99. The average Bonchev–Trinajstić information content (AvgIpc) is 3.24. The molecule has 30 heavy (non-hydrogen) atoms. The van der Waals surface area contributed by atoms with Gasteiger partial charge in [-0.05, 0) is 52.0 Å². The van der Waals surface area contributed by atoms with E-state index in [4.69, 9.17) is 11.6 Å². The number of nitrogens with zero attached hydrogens (tertiary/aromatic N) is 4. The van der Waals surface area contributed by atoms with E-state index in [-0.39, 0.29) is 5.56 Å². The third kappa shape index (κ3) is 3.38. The number of rotatable bonds is 4. The number of benzene rings is 3. The number of tetrazole rings is 1. The lowest BCUT2D eigenvalue weighted by Crippen LogP contribution is -2.11. The maximum absolute atomic E-state index is 13.1. The Labute approximate surface area is 180 Å². The van der Waals surface area contributed by atoms with Crippen molar-refractivity contribution in [3.8, 4) is 16.8 Å². The fraction of sp³-hybridized carbons (Fsp3) is 0. The Bertz CT molecular complexity index is 1400. The minimum atomic E-state index is -0.226. The summed E-state index contributed by atoms with van der Waals surface area (Å²) in [7, 11) is 0. The standard InChI is InChI=1S/C22H14ClN5OS/c23-15-11-12-17-18(13-15)24-21(29)20(19(17)14-7-3-1-4-8-14)30-22-25-26-27-28(22)16-9-5-2-6-10-16/h1-13H,(H,24,29). The molecule has 0 aliphatic rings. The maximum atomic E-state index is 13.1. The summed E-state index contributed by atoms with van der Waals surface area (Å²) < 4.78 is 1.62. The van der Waals surface area contributed by atoms with E-state index in [1.54, 1.807) is 10.7 Å². The van der Waals surface area contributed by atoms with Gasteiger partial charge < -0.3 is 4.98 Å². The molecule has 0 bridgehead atoms. The highest BCUT2D eigenvalue weighted by Gasteiger charge is 2.19. The first-order valence-electron chi connectivity index (χ1n) is 9.13. The van der Waals surface area contributed by atoms with Gasteiger partial charge in [0.2, 0.25) is 5.16 Å². The molecule has 6 nitrogen and oxygen atoms in total. The molecule has 0 radical (unpaired) electrons. The van der Waals surface area contributed by atoms with E-state index in [1.807, 2.05) is 72.8 Å². The molecule has 3 aromatic carbocycles. The highest BCUT2D eigenvalue weighted by Crippen LogP contribution is 2.37. The Kier molecular flexibility index (Phi) is 4.82. The number of aromatic amines is 1. The number of nitrogens with one attached hydrogen (secondary N) is 1. The number of fused-ring (bicyclic) bond motifs is 1. The molecule has 5 aromatic rings. The van der Waals surface area contributed by atoms with Gasteiger partial charge in [-0.1, -0.05) is 66.2 Å². The van der Waals surface area contributed by atoms with E-state index >= 15 is 0 Å². The van der Waals surface area contributed by atoms with Crippen LogP contribution in [0.25, 0.3) is 27.7 Å². The summed E-state index contributed by atoms with van der Waals surface area (Å²) in [5.41, 5.74) is 3.01. The third-order valence-corrected chi connectivity index (χ3v) is 5.90. The van der Waals surface area contributed by atoms with Crippen molar-refractivity contribution in [1.82, 2.24) is 25.2 Å².